The summed E-state index contributed by atoms with van der Waals surface area (Å²) in [5.74, 6) is 0.0588. The Kier molecular flexibility index (Phi) is 7.07. The number of benzene rings is 6. The average molecular weight is 592 g/mol. The highest BCUT2D eigenvalue weighted by atomic mass is 14.8. The van der Waals surface area contributed by atoms with Gasteiger partial charge in [-0.25, -0.2) is 0 Å². The van der Waals surface area contributed by atoms with Crippen molar-refractivity contribution >= 4 is 34.2 Å². The van der Waals surface area contributed by atoms with Crippen LogP contribution in [-0.4, -0.2) is 17.1 Å². The van der Waals surface area contributed by atoms with Crippen molar-refractivity contribution < 1.29 is 0 Å². The van der Waals surface area contributed by atoms with E-state index in [4.69, 9.17) is 15.0 Å². The number of para-hydroxylation sites is 3. The molecule has 6 aromatic rings. The van der Waals surface area contributed by atoms with Gasteiger partial charge in [0, 0.05) is 5.71 Å². The summed E-state index contributed by atoms with van der Waals surface area (Å²) in [6.07, 6.45) is 0. The second-order valence-electron chi connectivity index (χ2n) is 12.1. The molecule has 0 N–H and O–H groups in total. The van der Waals surface area contributed by atoms with Crippen LogP contribution in [0.1, 0.15) is 63.3 Å². The van der Waals surface area contributed by atoms with Crippen LogP contribution in [0.2, 0.25) is 0 Å². The standard InChI is InChI=1S/C43H33N3/c1-28-15-9-12-22-37(28)44-29(2)32-25-33(42-40(30-16-5-3-6-17-30)35-20-10-13-23-38(35)45-42)27-34(26-32)43-41(31-18-7-4-8-19-31)36-21-11-14-24-39(36)46-43/h3-27,40-41H,1-2H3/b44-29+. The summed E-state index contributed by atoms with van der Waals surface area (Å²) in [5, 5.41) is 0. The molecule has 0 radical (unpaired) electrons. The van der Waals surface area contributed by atoms with E-state index >= 15 is 0 Å². The third-order valence-electron chi connectivity index (χ3n) is 9.14. The maximum atomic E-state index is 5.30. The third-order valence-corrected chi connectivity index (χ3v) is 9.14. The number of aryl methyl sites for hydroxylation is 1. The molecule has 0 bridgehead atoms. The Balaban J connectivity index is 1.34. The van der Waals surface area contributed by atoms with Gasteiger partial charge < -0.3 is 0 Å². The van der Waals surface area contributed by atoms with Gasteiger partial charge in [-0.2, -0.15) is 0 Å². The first kappa shape index (κ1) is 27.8. The lowest BCUT2D eigenvalue weighted by Gasteiger charge is -2.20. The lowest BCUT2D eigenvalue weighted by atomic mass is 9.82. The van der Waals surface area contributed by atoms with Crippen molar-refractivity contribution in [1.29, 1.82) is 0 Å². The molecule has 0 saturated heterocycles. The molecule has 0 aromatic heterocycles. The summed E-state index contributed by atoms with van der Waals surface area (Å²) in [6, 6.07) is 53.6. The summed E-state index contributed by atoms with van der Waals surface area (Å²) in [6.45, 7) is 4.22. The Bertz CT molecular complexity index is 2050. The number of hydrogen-bond donors (Lipinski definition) is 0. The lowest BCUT2D eigenvalue weighted by Crippen LogP contribution is -2.16. The Morgan fingerprint density at radius 2 is 0.978 bits per heavy atom. The first-order chi connectivity index (χ1) is 22.6. The van der Waals surface area contributed by atoms with Crippen molar-refractivity contribution in [3.63, 3.8) is 0 Å². The van der Waals surface area contributed by atoms with Crippen LogP contribution in [0.5, 0.6) is 0 Å². The van der Waals surface area contributed by atoms with Crippen molar-refractivity contribution in [2.24, 2.45) is 15.0 Å². The van der Waals surface area contributed by atoms with Gasteiger partial charge in [-0.15, -0.1) is 0 Å². The van der Waals surface area contributed by atoms with Gasteiger partial charge in [-0.3, -0.25) is 15.0 Å². The second kappa shape index (κ2) is 11.7. The Labute approximate surface area is 270 Å². The molecule has 0 amide bonds. The fraction of sp³-hybridized carbons (Fsp3) is 0.0930. The van der Waals surface area contributed by atoms with Crippen LogP contribution >= 0.6 is 0 Å². The molecule has 2 aliphatic heterocycles. The second-order valence-corrected chi connectivity index (χ2v) is 12.1. The highest BCUT2D eigenvalue weighted by Gasteiger charge is 2.33. The lowest BCUT2D eigenvalue weighted by molar-refractivity contribution is 1.11. The summed E-state index contributed by atoms with van der Waals surface area (Å²) < 4.78 is 0. The maximum absolute atomic E-state index is 5.30. The SMILES string of the molecule is C/C(=N\c1ccccc1C)c1cc(C2=Nc3ccccc3C2c2ccccc2)cc(C2=Nc3ccccc3C2c2ccccc2)c1. The van der Waals surface area contributed by atoms with E-state index < -0.39 is 0 Å². The van der Waals surface area contributed by atoms with Gasteiger partial charge >= 0.3 is 0 Å². The first-order valence-corrected chi connectivity index (χ1v) is 15.9. The predicted molar refractivity (Wildman–Crippen MR) is 191 cm³/mol. The number of hydrogen-bond acceptors (Lipinski definition) is 3. The predicted octanol–water partition coefficient (Wildman–Crippen LogP) is 10.7. The van der Waals surface area contributed by atoms with Gasteiger partial charge in [0.15, 0.2) is 0 Å². The average Bonchev–Trinajstić information content (AvgIpc) is 3.69. The van der Waals surface area contributed by atoms with Crippen molar-refractivity contribution in [1.82, 2.24) is 0 Å². The van der Waals surface area contributed by atoms with Crippen LogP contribution in [0.25, 0.3) is 0 Å². The van der Waals surface area contributed by atoms with Gasteiger partial charge in [0.05, 0.1) is 40.3 Å². The molecule has 3 heteroatoms. The van der Waals surface area contributed by atoms with E-state index in [1.807, 2.05) is 6.07 Å². The molecule has 3 nitrogen and oxygen atoms in total. The summed E-state index contributed by atoms with van der Waals surface area (Å²) in [4.78, 5) is 15.7. The van der Waals surface area contributed by atoms with Gasteiger partial charge in [0.2, 0.25) is 0 Å². The molecule has 220 valence electrons. The zero-order valence-electron chi connectivity index (χ0n) is 25.9. The molecule has 2 aliphatic rings. The number of fused-ring (bicyclic) bond motifs is 2. The normalized spacial score (nSPS) is 16.9. The molecule has 6 aromatic carbocycles. The van der Waals surface area contributed by atoms with Gasteiger partial charge in [0.1, 0.15) is 0 Å². The smallest absolute Gasteiger partial charge is 0.0675 e. The van der Waals surface area contributed by atoms with Gasteiger partial charge in [-0.1, -0.05) is 115 Å². The van der Waals surface area contributed by atoms with Gasteiger partial charge in [-0.05, 0) is 94.8 Å². The largest absolute Gasteiger partial charge is 0.253 e. The van der Waals surface area contributed by atoms with Crippen LogP contribution < -0.4 is 0 Å². The molecule has 2 atom stereocenters. The van der Waals surface area contributed by atoms with Crippen LogP contribution in [-0.2, 0) is 0 Å². The van der Waals surface area contributed by atoms with E-state index in [0.29, 0.717) is 0 Å². The first-order valence-electron chi connectivity index (χ1n) is 15.9. The minimum absolute atomic E-state index is 0.0294. The molecule has 0 spiro atoms. The molecule has 46 heavy (non-hydrogen) atoms. The van der Waals surface area contributed by atoms with E-state index in [2.05, 4.69) is 159 Å². The van der Waals surface area contributed by atoms with E-state index in [0.717, 1.165) is 56.5 Å². The number of aliphatic imine (C=N–C) groups is 3. The molecular weight excluding hydrogens is 558 g/mol. The molecule has 0 fully saturated rings. The van der Waals surface area contributed by atoms with Crippen molar-refractivity contribution in [2.75, 3.05) is 0 Å². The zero-order chi connectivity index (χ0) is 31.0. The molecule has 8 rings (SSSR count). The van der Waals surface area contributed by atoms with Crippen molar-refractivity contribution in [3.8, 4) is 0 Å². The third kappa shape index (κ3) is 5.00. The number of nitrogens with zero attached hydrogens (tertiary/aromatic N) is 3. The topological polar surface area (TPSA) is 37.1 Å². The minimum atomic E-state index is 0.0294. The van der Waals surface area contributed by atoms with Crippen LogP contribution in [0.3, 0.4) is 0 Å². The van der Waals surface area contributed by atoms with E-state index in [9.17, 15) is 0 Å². The Morgan fingerprint density at radius 3 is 1.50 bits per heavy atom. The van der Waals surface area contributed by atoms with Crippen molar-refractivity contribution in [2.45, 2.75) is 25.7 Å². The van der Waals surface area contributed by atoms with E-state index in [-0.39, 0.29) is 11.8 Å². The number of rotatable bonds is 6. The summed E-state index contributed by atoms with van der Waals surface area (Å²) in [5.41, 5.74) is 15.4. The molecule has 2 heterocycles. The van der Waals surface area contributed by atoms with Crippen LogP contribution in [0, 0.1) is 6.92 Å². The molecule has 2 unspecified atom stereocenters. The molecule has 0 saturated carbocycles. The van der Waals surface area contributed by atoms with E-state index in [1.165, 1.54) is 22.3 Å². The van der Waals surface area contributed by atoms with Crippen LogP contribution in [0.4, 0.5) is 17.1 Å². The monoisotopic (exact) mass is 591 g/mol. The maximum Gasteiger partial charge on any atom is 0.0675 e. The van der Waals surface area contributed by atoms with Gasteiger partial charge in [0.25, 0.3) is 0 Å². The fourth-order valence-electron chi connectivity index (χ4n) is 6.84. The van der Waals surface area contributed by atoms with E-state index in [1.54, 1.807) is 0 Å². The Hall–Kier alpha value is -5.67. The quantitative estimate of drug-likeness (QED) is 0.173. The van der Waals surface area contributed by atoms with Crippen molar-refractivity contribution in [3.05, 3.63) is 196 Å². The molecule has 0 aliphatic carbocycles. The highest BCUT2D eigenvalue weighted by molar-refractivity contribution is 6.17. The highest BCUT2D eigenvalue weighted by Crippen LogP contribution is 2.44. The summed E-state index contributed by atoms with van der Waals surface area (Å²) >= 11 is 0. The fourth-order valence-corrected chi connectivity index (χ4v) is 6.84. The Morgan fingerprint density at radius 1 is 0.522 bits per heavy atom. The molecular formula is C43H33N3. The van der Waals surface area contributed by atoms with Crippen LogP contribution in [0.15, 0.2) is 167 Å². The summed E-state index contributed by atoms with van der Waals surface area (Å²) in [7, 11) is 0. The zero-order valence-corrected chi connectivity index (χ0v) is 25.9. The minimum Gasteiger partial charge on any atom is -0.253 e.